The number of nitrogens with zero attached hydrogens (tertiary/aromatic N) is 2. The average molecular weight is 304 g/mol. The van der Waals surface area contributed by atoms with Gasteiger partial charge < -0.3 is 10.0 Å². The minimum absolute atomic E-state index is 0.00902. The van der Waals surface area contributed by atoms with Gasteiger partial charge in [0, 0.05) is 25.6 Å². The number of hydrogen-bond acceptors (Lipinski definition) is 4. The van der Waals surface area contributed by atoms with E-state index in [1.165, 1.54) is 10.6 Å². The van der Waals surface area contributed by atoms with Crippen molar-refractivity contribution in [2.75, 3.05) is 32.5 Å². The van der Waals surface area contributed by atoms with Crippen LogP contribution < -0.4 is 0 Å². The molecule has 0 spiro atoms. The van der Waals surface area contributed by atoms with Gasteiger partial charge in [0.25, 0.3) is 0 Å². The highest BCUT2D eigenvalue weighted by Gasteiger charge is 2.38. The Morgan fingerprint density at radius 2 is 1.80 bits per heavy atom. The van der Waals surface area contributed by atoms with Crippen molar-refractivity contribution in [2.45, 2.75) is 32.2 Å². The molecule has 1 N–H and O–H groups in total. The Kier molecular flexibility index (Phi) is 4.71. The fraction of sp³-hybridized carbons (Fsp3) is 0.923. The molecule has 0 bridgehead atoms. The standard InChI is InChI=1S/C13H24N2O4S/c1-10-3-8-15(12(10)9-16)13(17)11-4-6-14(7-5-11)20(2,18)19/h10-12,16H,3-9H2,1-2H3. The Bertz CT molecular complexity index is 457. The van der Waals surface area contributed by atoms with E-state index in [0.29, 0.717) is 38.4 Å². The molecule has 2 rings (SSSR count). The van der Waals surface area contributed by atoms with E-state index in [-0.39, 0.29) is 24.5 Å². The molecule has 0 aromatic carbocycles. The molecule has 0 radical (unpaired) electrons. The normalized spacial score (nSPS) is 29.9. The number of aliphatic hydroxyl groups excluding tert-OH is 1. The molecule has 7 heteroatoms. The van der Waals surface area contributed by atoms with Crippen LogP contribution in [0.4, 0.5) is 0 Å². The van der Waals surface area contributed by atoms with Crippen molar-refractivity contribution < 1.29 is 18.3 Å². The first-order chi connectivity index (χ1) is 9.34. The summed E-state index contributed by atoms with van der Waals surface area (Å²) < 4.78 is 24.4. The Morgan fingerprint density at radius 1 is 1.20 bits per heavy atom. The molecule has 0 aliphatic carbocycles. The second kappa shape index (κ2) is 5.99. The lowest BCUT2D eigenvalue weighted by Gasteiger charge is -2.34. The van der Waals surface area contributed by atoms with E-state index in [0.717, 1.165) is 6.42 Å². The van der Waals surface area contributed by atoms with Gasteiger partial charge in [-0.2, -0.15) is 0 Å². The minimum atomic E-state index is -3.15. The van der Waals surface area contributed by atoms with Gasteiger partial charge in [-0.1, -0.05) is 6.92 Å². The zero-order chi connectivity index (χ0) is 14.9. The first-order valence-electron chi connectivity index (χ1n) is 7.21. The van der Waals surface area contributed by atoms with Crippen molar-refractivity contribution in [1.82, 2.24) is 9.21 Å². The fourth-order valence-electron chi connectivity index (χ4n) is 3.23. The van der Waals surface area contributed by atoms with Crippen molar-refractivity contribution in [2.24, 2.45) is 11.8 Å². The molecular formula is C13H24N2O4S. The number of rotatable bonds is 3. The van der Waals surface area contributed by atoms with Crippen LogP contribution in [0.15, 0.2) is 0 Å². The van der Waals surface area contributed by atoms with Crippen molar-refractivity contribution in [3.63, 3.8) is 0 Å². The van der Waals surface area contributed by atoms with Crippen molar-refractivity contribution >= 4 is 15.9 Å². The van der Waals surface area contributed by atoms with Crippen LogP contribution in [-0.4, -0.2) is 67.2 Å². The average Bonchev–Trinajstić information content (AvgIpc) is 2.78. The SMILES string of the molecule is CC1CCN(C(=O)C2CCN(S(C)(=O)=O)CC2)C1CO. The largest absolute Gasteiger partial charge is 0.394 e. The number of amides is 1. The number of sulfonamides is 1. The van der Waals surface area contributed by atoms with Crippen LogP contribution in [0.1, 0.15) is 26.2 Å². The van der Waals surface area contributed by atoms with Gasteiger partial charge in [-0.05, 0) is 25.2 Å². The lowest BCUT2D eigenvalue weighted by molar-refractivity contribution is -0.138. The summed E-state index contributed by atoms with van der Waals surface area (Å²) in [7, 11) is -3.15. The zero-order valence-electron chi connectivity index (χ0n) is 12.2. The molecule has 0 saturated carbocycles. The monoisotopic (exact) mass is 304 g/mol. The third-order valence-electron chi connectivity index (χ3n) is 4.62. The number of aliphatic hydroxyl groups is 1. The van der Waals surface area contributed by atoms with Crippen molar-refractivity contribution in [3.8, 4) is 0 Å². The topological polar surface area (TPSA) is 77.9 Å². The molecule has 20 heavy (non-hydrogen) atoms. The quantitative estimate of drug-likeness (QED) is 0.789. The lowest BCUT2D eigenvalue weighted by Crippen LogP contribution is -2.47. The van der Waals surface area contributed by atoms with Crippen LogP contribution in [0.3, 0.4) is 0 Å². The Labute approximate surface area is 120 Å². The molecule has 2 fully saturated rings. The van der Waals surface area contributed by atoms with Gasteiger partial charge in [-0.25, -0.2) is 12.7 Å². The molecular weight excluding hydrogens is 280 g/mol. The summed E-state index contributed by atoms with van der Waals surface area (Å²) in [5.74, 6) is 0.314. The first kappa shape index (κ1) is 15.7. The second-order valence-corrected chi connectivity index (χ2v) is 7.97. The van der Waals surface area contributed by atoms with Crippen LogP contribution in [0.5, 0.6) is 0 Å². The summed E-state index contributed by atoms with van der Waals surface area (Å²) in [6.45, 7) is 3.61. The molecule has 2 heterocycles. The number of carbonyl (C=O) groups excluding carboxylic acids is 1. The molecule has 0 aromatic heterocycles. The summed E-state index contributed by atoms with van der Waals surface area (Å²) in [6.07, 6.45) is 3.29. The summed E-state index contributed by atoms with van der Waals surface area (Å²) >= 11 is 0. The summed E-state index contributed by atoms with van der Waals surface area (Å²) in [4.78, 5) is 14.3. The maximum atomic E-state index is 12.5. The summed E-state index contributed by atoms with van der Waals surface area (Å²) in [5, 5.41) is 9.42. The summed E-state index contributed by atoms with van der Waals surface area (Å²) in [5.41, 5.74) is 0. The molecule has 2 saturated heterocycles. The predicted octanol–water partition coefficient (Wildman–Crippen LogP) is -0.113. The van der Waals surface area contributed by atoms with Crippen molar-refractivity contribution in [3.05, 3.63) is 0 Å². The molecule has 1 amide bonds. The minimum Gasteiger partial charge on any atom is -0.394 e. The number of carbonyl (C=O) groups is 1. The van der Waals surface area contributed by atoms with Gasteiger partial charge in [-0.3, -0.25) is 4.79 Å². The number of piperidine rings is 1. The van der Waals surface area contributed by atoms with Crippen LogP contribution in [0.2, 0.25) is 0 Å². The molecule has 0 aromatic rings. The molecule has 116 valence electrons. The molecule has 2 aliphatic rings. The van der Waals surface area contributed by atoms with E-state index in [1.807, 2.05) is 0 Å². The highest BCUT2D eigenvalue weighted by atomic mass is 32.2. The highest BCUT2D eigenvalue weighted by molar-refractivity contribution is 7.88. The zero-order valence-corrected chi connectivity index (χ0v) is 13.0. The lowest BCUT2D eigenvalue weighted by atomic mass is 9.95. The Balaban J connectivity index is 1.95. The van der Waals surface area contributed by atoms with E-state index < -0.39 is 10.0 Å². The molecule has 2 unspecified atom stereocenters. The fourth-order valence-corrected chi connectivity index (χ4v) is 4.10. The van der Waals surface area contributed by atoms with Gasteiger partial charge in [-0.15, -0.1) is 0 Å². The molecule has 2 atom stereocenters. The van der Waals surface area contributed by atoms with Gasteiger partial charge in [0.1, 0.15) is 0 Å². The Morgan fingerprint density at radius 3 is 2.30 bits per heavy atom. The number of likely N-dealkylation sites (tertiary alicyclic amines) is 1. The van der Waals surface area contributed by atoms with Crippen LogP contribution in [-0.2, 0) is 14.8 Å². The third-order valence-corrected chi connectivity index (χ3v) is 5.93. The van der Waals surface area contributed by atoms with E-state index in [4.69, 9.17) is 0 Å². The molecule has 6 nitrogen and oxygen atoms in total. The third kappa shape index (κ3) is 3.15. The van der Waals surface area contributed by atoms with Crippen LogP contribution in [0.25, 0.3) is 0 Å². The maximum Gasteiger partial charge on any atom is 0.226 e. The molecule has 2 aliphatic heterocycles. The van der Waals surface area contributed by atoms with E-state index >= 15 is 0 Å². The van der Waals surface area contributed by atoms with Gasteiger partial charge in [0.15, 0.2) is 0 Å². The van der Waals surface area contributed by atoms with Gasteiger partial charge in [0.05, 0.1) is 18.9 Å². The number of hydrogen-bond donors (Lipinski definition) is 1. The summed E-state index contributed by atoms with van der Waals surface area (Å²) in [6, 6.07) is -0.0737. The van der Waals surface area contributed by atoms with Gasteiger partial charge >= 0.3 is 0 Å². The van der Waals surface area contributed by atoms with Crippen LogP contribution >= 0.6 is 0 Å². The highest BCUT2D eigenvalue weighted by Crippen LogP contribution is 2.28. The van der Waals surface area contributed by atoms with E-state index in [2.05, 4.69) is 6.92 Å². The van der Waals surface area contributed by atoms with Gasteiger partial charge in [0.2, 0.25) is 15.9 Å². The smallest absolute Gasteiger partial charge is 0.226 e. The first-order valence-corrected chi connectivity index (χ1v) is 9.06. The Hall–Kier alpha value is -0.660. The second-order valence-electron chi connectivity index (χ2n) is 5.98. The maximum absolute atomic E-state index is 12.5. The van der Waals surface area contributed by atoms with Crippen LogP contribution in [0, 0.1) is 11.8 Å². The van der Waals surface area contributed by atoms with Crippen molar-refractivity contribution in [1.29, 1.82) is 0 Å². The van der Waals surface area contributed by atoms with E-state index in [1.54, 1.807) is 4.90 Å². The van der Waals surface area contributed by atoms with E-state index in [9.17, 15) is 18.3 Å². The predicted molar refractivity (Wildman–Crippen MR) is 75.5 cm³/mol.